The molecule has 1 aromatic carbocycles. The van der Waals surface area contributed by atoms with Crippen LogP contribution in [-0.4, -0.2) is 14.3 Å². The zero-order valence-electron chi connectivity index (χ0n) is 12.6. The van der Waals surface area contributed by atoms with Gasteiger partial charge in [-0.1, -0.05) is 12.1 Å². The smallest absolute Gasteiger partial charge is 0.336 e. The molecule has 0 saturated carbocycles. The van der Waals surface area contributed by atoms with Crippen molar-refractivity contribution < 1.29 is 17.6 Å². The lowest BCUT2D eigenvalue weighted by Gasteiger charge is -2.09. The topological polar surface area (TPSA) is 119 Å². The van der Waals surface area contributed by atoms with Gasteiger partial charge in [-0.25, -0.2) is 18.4 Å². The number of hydrogen-bond donors (Lipinski definition) is 2. The number of aryl methyl sites for hydroxylation is 2. The minimum atomic E-state index is -3.74. The third-order valence-electron chi connectivity index (χ3n) is 3.27. The SMILES string of the molecule is Cc1cc(=O)oc(C)c1C(=O)NCc1ccc(S(N)(=O)=O)cc1. The van der Waals surface area contributed by atoms with E-state index in [1.165, 1.54) is 18.2 Å². The van der Waals surface area contributed by atoms with Crippen molar-refractivity contribution in [2.24, 2.45) is 5.14 Å². The van der Waals surface area contributed by atoms with Gasteiger partial charge in [-0.2, -0.15) is 0 Å². The second-order valence-electron chi connectivity index (χ2n) is 5.05. The van der Waals surface area contributed by atoms with E-state index in [2.05, 4.69) is 5.32 Å². The number of rotatable bonds is 4. The lowest BCUT2D eigenvalue weighted by molar-refractivity contribution is 0.0946. The predicted octanol–water partition coefficient (Wildman–Crippen LogP) is 0.834. The van der Waals surface area contributed by atoms with Gasteiger partial charge in [0.05, 0.1) is 10.5 Å². The number of primary sulfonamides is 1. The Labute approximate surface area is 133 Å². The summed E-state index contributed by atoms with van der Waals surface area (Å²) in [5, 5.41) is 7.71. The van der Waals surface area contributed by atoms with Crippen LogP contribution in [0.5, 0.6) is 0 Å². The van der Waals surface area contributed by atoms with E-state index < -0.39 is 15.6 Å². The van der Waals surface area contributed by atoms with Crippen LogP contribution in [0.15, 0.2) is 44.4 Å². The first-order valence-electron chi connectivity index (χ1n) is 6.70. The summed E-state index contributed by atoms with van der Waals surface area (Å²) in [5.41, 5.74) is 1.04. The van der Waals surface area contributed by atoms with Gasteiger partial charge < -0.3 is 9.73 Å². The summed E-state index contributed by atoms with van der Waals surface area (Å²) < 4.78 is 27.3. The summed E-state index contributed by atoms with van der Waals surface area (Å²) in [6.45, 7) is 3.39. The zero-order valence-corrected chi connectivity index (χ0v) is 13.4. The Bertz CT molecular complexity index is 872. The second-order valence-corrected chi connectivity index (χ2v) is 6.61. The minimum Gasteiger partial charge on any atom is -0.427 e. The molecule has 0 atom stereocenters. The van der Waals surface area contributed by atoms with Crippen molar-refractivity contribution in [1.82, 2.24) is 5.32 Å². The average molecular weight is 336 g/mol. The molecule has 3 N–H and O–H groups in total. The third-order valence-corrected chi connectivity index (χ3v) is 4.20. The molecule has 1 aromatic heterocycles. The van der Waals surface area contributed by atoms with E-state index in [0.717, 1.165) is 0 Å². The molecule has 0 saturated heterocycles. The molecule has 7 nitrogen and oxygen atoms in total. The standard InChI is InChI=1S/C15H16N2O5S/c1-9-7-13(18)22-10(2)14(9)15(19)17-8-11-3-5-12(6-4-11)23(16,20)21/h3-7H,8H2,1-2H3,(H,17,19)(H2,16,20,21). The predicted molar refractivity (Wildman–Crippen MR) is 83.4 cm³/mol. The van der Waals surface area contributed by atoms with E-state index >= 15 is 0 Å². The largest absolute Gasteiger partial charge is 0.427 e. The van der Waals surface area contributed by atoms with E-state index in [1.54, 1.807) is 26.0 Å². The summed E-state index contributed by atoms with van der Waals surface area (Å²) in [4.78, 5) is 23.4. The van der Waals surface area contributed by atoms with E-state index in [0.29, 0.717) is 16.7 Å². The Hall–Kier alpha value is -2.45. The fourth-order valence-electron chi connectivity index (χ4n) is 2.16. The highest BCUT2D eigenvalue weighted by Crippen LogP contribution is 2.12. The molecule has 0 spiro atoms. The highest BCUT2D eigenvalue weighted by Gasteiger charge is 2.15. The van der Waals surface area contributed by atoms with Gasteiger partial charge in [-0.3, -0.25) is 4.79 Å². The minimum absolute atomic E-state index is 0.00380. The maximum Gasteiger partial charge on any atom is 0.336 e. The molecule has 2 rings (SSSR count). The molecular formula is C15H16N2O5S. The van der Waals surface area contributed by atoms with E-state index in [4.69, 9.17) is 9.56 Å². The first kappa shape index (κ1) is 16.9. The van der Waals surface area contributed by atoms with Crippen LogP contribution in [0.2, 0.25) is 0 Å². The summed E-state index contributed by atoms with van der Waals surface area (Å²) in [6.07, 6.45) is 0. The number of amides is 1. The van der Waals surface area contributed by atoms with Gasteiger partial charge in [-0.05, 0) is 37.1 Å². The van der Waals surface area contributed by atoms with Gasteiger partial charge in [0.2, 0.25) is 10.0 Å². The van der Waals surface area contributed by atoms with Gasteiger partial charge in [0.25, 0.3) is 5.91 Å². The van der Waals surface area contributed by atoms with Crippen LogP contribution in [0, 0.1) is 13.8 Å². The quantitative estimate of drug-likeness (QED) is 0.857. The Morgan fingerprint density at radius 1 is 1.22 bits per heavy atom. The highest BCUT2D eigenvalue weighted by atomic mass is 32.2. The van der Waals surface area contributed by atoms with Crippen LogP contribution in [0.3, 0.4) is 0 Å². The summed E-state index contributed by atoms with van der Waals surface area (Å²) in [6, 6.07) is 7.11. The fourth-order valence-corrected chi connectivity index (χ4v) is 2.68. The number of carbonyl (C=O) groups is 1. The van der Waals surface area contributed by atoms with Crippen LogP contribution >= 0.6 is 0 Å². The molecule has 0 aliphatic heterocycles. The molecule has 23 heavy (non-hydrogen) atoms. The lowest BCUT2D eigenvalue weighted by Crippen LogP contribution is -2.25. The van der Waals surface area contributed by atoms with Crippen molar-refractivity contribution in [2.45, 2.75) is 25.3 Å². The van der Waals surface area contributed by atoms with E-state index in [-0.39, 0.29) is 23.1 Å². The summed E-state index contributed by atoms with van der Waals surface area (Å²) >= 11 is 0. The van der Waals surface area contributed by atoms with Crippen molar-refractivity contribution in [3.05, 3.63) is 63.2 Å². The summed E-state index contributed by atoms with van der Waals surface area (Å²) in [5.74, 6) is -0.128. The van der Waals surface area contributed by atoms with Crippen LogP contribution < -0.4 is 16.1 Å². The van der Waals surface area contributed by atoms with E-state index in [1.807, 2.05) is 0 Å². The highest BCUT2D eigenvalue weighted by molar-refractivity contribution is 7.89. The van der Waals surface area contributed by atoms with Crippen LogP contribution in [0.25, 0.3) is 0 Å². The molecule has 2 aromatic rings. The van der Waals surface area contributed by atoms with Crippen molar-refractivity contribution in [2.75, 3.05) is 0 Å². The number of sulfonamides is 1. The number of nitrogens with one attached hydrogen (secondary N) is 1. The first-order chi connectivity index (χ1) is 10.7. The second kappa shape index (κ2) is 6.35. The molecule has 0 aliphatic rings. The maximum atomic E-state index is 12.2. The Balaban J connectivity index is 2.12. The van der Waals surface area contributed by atoms with Crippen LogP contribution in [-0.2, 0) is 16.6 Å². The average Bonchev–Trinajstić information content (AvgIpc) is 2.43. The molecule has 1 amide bonds. The Morgan fingerprint density at radius 2 is 1.83 bits per heavy atom. The normalized spacial score (nSPS) is 11.3. The van der Waals surface area contributed by atoms with E-state index in [9.17, 15) is 18.0 Å². The van der Waals surface area contributed by atoms with Crippen molar-refractivity contribution in [3.8, 4) is 0 Å². The molecular weight excluding hydrogens is 320 g/mol. The van der Waals surface area contributed by atoms with Gasteiger partial charge in [-0.15, -0.1) is 0 Å². The van der Waals surface area contributed by atoms with Crippen molar-refractivity contribution in [1.29, 1.82) is 0 Å². The van der Waals surface area contributed by atoms with Crippen LogP contribution in [0.4, 0.5) is 0 Å². The maximum absolute atomic E-state index is 12.2. The first-order valence-corrected chi connectivity index (χ1v) is 8.24. The van der Waals surface area contributed by atoms with Gasteiger partial charge in [0.15, 0.2) is 0 Å². The molecule has 0 aliphatic carbocycles. The number of hydrogen-bond acceptors (Lipinski definition) is 5. The van der Waals surface area contributed by atoms with Gasteiger partial charge in [0, 0.05) is 12.6 Å². The van der Waals surface area contributed by atoms with Gasteiger partial charge in [0.1, 0.15) is 5.76 Å². The lowest BCUT2D eigenvalue weighted by atomic mass is 10.1. The zero-order chi connectivity index (χ0) is 17.2. The molecule has 8 heteroatoms. The molecule has 0 radical (unpaired) electrons. The van der Waals surface area contributed by atoms with Crippen molar-refractivity contribution >= 4 is 15.9 Å². The molecule has 122 valence electrons. The molecule has 0 unspecified atom stereocenters. The third kappa shape index (κ3) is 4.05. The Kier molecular flexibility index (Phi) is 4.67. The fraction of sp³-hybridized carbons (Fsp3) is 0.200. The number of carbonyl (C=O) groups excluding carboxylic acids is 1. The van der Waals surface area contributed by atoms with Gasteiger partial charge >= 0.3 is 5.63 Å². The summed E-state index contributed by atoms with van der Waals surface area (Å²) in [7, 11) is -3.74. The Morgan fingerprint density at radius 3 is 2.35 bits per heavy atom. The molecule has 0 fully saturated rings. The number of nitrogens with two attached hydrogens (primary N) is 1. The monoisotopic (exact) mass is 336 g/mol. The van der Waals surface area contributed by atoms with Crippen molar-refractivity contribution in [3.63, 3.8) is 0 Å². The molecule has 0 bridgehead atoms. The number of benzene rings is 1. The van der Waals surface area contributed by atoms with Crippen LogP contribution in [0.1, 0.15) is 27.2 Å². The molecule has 1 heterocycles.